The highest BCUT2D eigenvalue weighted by molar-refractivity contribution is 14.1. The zero-order valence-electron chi connectivity index (χ0n) is 7.15. The van der Waals surface area contributed by atoms with Crippen LogP contribution in [0.1, 0.15) is 29.3 Å². The Kier molecular flexibility index (Phi) is 3.83. The van der Waals surface area contributed by atoms with Gasteiger partial charge in [0.15, 0.2) is 5.78 Å². The van der Waals surface area contributed by atoms with Crippen molar-refractivity contribution in [3.63, 3.8) is 0 Å². The van der Waals surface area contributed by atoms with Gasteiger partial charge < -0.3 is 0 Å². The summed E-state index contributed by atoms with van der Waals surface area (Å²) in [6, 6.07) is 2.76. The van der Waals surface area contributed by atoms with Crippen molar-refractivity contribution in [3.8, 4) is 0 Å². The van der Waals surface area contributed by atoms with E-state index in [0.717, 1.165) is 0 Å². The lowest BCUT2D eigenvalue weighted by molar-refractivity contribution is 0.0999. The fourth-order valence-electron chi connectivity index (χ4n) is 1.14. The van der Waals surface area contributed by atoms with E-state index < -0.39 is 12.2 Å². The van der Waals surface area contributed by atoms with E-state index in [1.807, 2.05) is 22.6 Å². The first kappa shape index (κ1) is 11.8. The van der Waals surface area contributed by atoms with E-state index in [-0.39, 0.29) is 16.1 Å². The molecule has 0 spiro atoms. The molecule has 0 heterocycles. The lowest BCUT2D eigenvalue weighted by atomic mass is 10.0. The molecule has 76 valence electrons. The van der Waals surface area contributed by atoms with Crippen LogP contribution in [0.5, 0.6) is 0 Å². The molecule has 14 heavy (non-hydrogen) atoms. The molecule has 0 aliphatic rings. The largest absolute Gasteiger partial charge is 0.294 e. The number of halogens is 4. The summed E-state index contributed by atoms with van der Waals surface area (Å²) in [4.78, 5) is 11.1. The second-order valence-corrected chi connectivity index (χ2v) is 4.36. The normalized spacial score (nSPS) is 10.7. The number of ketones is 1. The topological polar surface area (TPSA) is 17.1 Å². The molecule has 0 unspecified atom stereocenters. The van der Waals surface area contributed by atoms with E-state index in [2.05, 4.69) is 0 Å². The summed E-state index contributed by atoms with van der Waals surface area (Å²) < 4.78 is 25.7. The SMILES string of the molecule is CC(=O)c1c(Cl)cc(I)cc1C(F)F. The van der Waals surface area contributed by atoms with Crippen LogP contribution in [0.3, 0.4) is 0 Å². The number of rotatable bonds is 2. The first-order chi connectivity index (χ1) is 6.43. The fourth-order valence-corrected chi connectivity index (χ4v) is 2.33. The van der Waals surface area contributed by atoms with Gasteiger partial charge in [-0.1, -0.05) is 11.6 Å². The van der Waals surface area contributed by atoms with Gasteiger partial charge in [-0.15, -0.1) is 0 Å². The molecule has 0 aliphatic heterocycles. The van der Waals surface area contributed by atoms with Gasteiger partial charge in [0.1, 0.15) is 0 Å². The number of Topliss-reactive ketones (excluding diaryl/α,β-unsaturated/α-hetero) is 1. The lowest BCUT2D eigenvalue weighted by Gasteiger charge is -2.08. The van der Waals surface area contributed by atoms with Crippen LogP contribution in [0.2, 0.25) is 5.02 Å². The van der Waals surface area contributed by atoms with Gasteiger partial charge in [-0.2, -0.15) is 0 Å². The second-order valence-electron chi connectivity index (χ2n) is 2.71. The van der Waals surface area contributed by atoms with Crippen molar-refractivity contribution in [2.24, 2.45) is 0 Å². The van der Waals surface area contributed by atoms with Gasteiger partial charge in [-0.05, 0) is 41.6 Å². The Bertz CT molecular complexity index is 379. The molecular formula is C9H6ClF2IO. The minimum atomic E-state index is -2.68. The predicted molar refractivity (Wildman–Crippen MR) is 59.1 cm³/mol. The monoisotopic (exact) mass is 330 g/mol. The van der Waals surface area contributed by atoms with Crippen LogP contribution in [0.4, 0.5) is 8.78 Å². The van der Waals surface area contributed by atoms with E-state index in [1.165, 1.54) is 19.1 Å². The number of alkyl halides is 2. The van der Waals surface area contributed by atoms with Crippen molar-refractivity contribution in [2.75, 3.05) is 0 Å². The van der Waals surface area contributed by atoms with Crippen LogP contribution in [0.15, 0.2) is 12.1 Å². The molecule has 0 amide bonds. The van der Waals surface area contributed by atoms with Crippen LogP contribution in [-0.2, 0) is 0 Å². The van der Waals surface area contributed by atoms with Crippen LogP contribution in [-0.4, -0.2) is 5.78 Å². The molecule has 1 aromatic rings. The highest BCUT2D eigenvalue weighted by Crippen LogP contribution is 2.30. The summed E-state index contributed by atoms with van der Waals surface area (Å²) in [5.41, 5.74) is -0.378. The second kappa shape index (κ2) is 4.53. The molecule has 0 bridgehead atoms. The molecule has 1 aromatic carbocycles. The maximum atomic E-state index is 12.5. The molecule has 0 saturated heterocycles. The molecule has 0 fully saturated rings. The van der Waals surface area contributed by atoms with Crippen molar-refractivity contribution in [2.45, 2.75) is 13.3 Å². The minimum absolute atomic E-state index is 0.0814. The third-order valence-corrected chi connectivity index (χ3v) is 2.59. The molecule has 0 saturated carbocycles. The van der Waals surface area contributed by atoms with Gasteiger partial charge >= 0.3 is 0 Å². The summed E-state index contributed by atoms with van der Waals surface area (Å²) in [6.45, 7) is 1.22. The van der Waals surface area contributed by atoms with Crippen molar-refractivity contribution in [1.29, 1.82) is 0 Å². The van der Waals surface area contributed by atoms with Crippen molar-refractivity contribution >= 4 is 40.0 Å². The highest BCUT2D eigenvalue weighted by Gasteiger charge is 2.19. The first-order valence-electron chi connectivity index (χ1n) is 3.71. The van der Waals surface area contributed by atoms with Crippen LogP contribution in [0.25, 0.3) is 0 Å². The maximum absolute atomic E-state index is 12.5. The zero-order chi connectivity index (χ0) is 10.9. The average Bonchev–Trinajstić information content (AvgIpc) is 2.01. The average molecular weight is 330 g/mol. The number of carbonyl (C=O) groups excluding carboxylic acids is 1. The van der Waals surface area contributed by atoms with Crippen LogP contribution in [0, 0.1) is 3.57 Å². The van der Waals surface area contributed by atoms with Crippen molar-refractivity contribution < 1.29 is 13.6 Å². The van der Waals surface area contributed by atoms with E-state index in [4.69, 9.17) is 11.6 Å². The lowest BCUT2D eigenvalue weighted by Crippen LogP contribution is -2.02. The Hall–Kier alpha value is -0.230. The first-order valence-corrected chi connectivity index (χ1v) is 5.17. The molecule has 0 aliphatic carbocycles. The molecule has 0 aromatic heterocycles. The number of hydrogen-bond acceptors (Lipinski definition) is 1. The summed E-state index contributed by atoms with van der Waals surface area (Å²) >= 11 is 7.59. The Morgan fingerprint density at radius 3 is 2.50 bits per heavy atom. The maximum Gasteiger partial charge on any atom is 0.264 e. The fraction of sp³-hybridized carbons (Fsp3) is 0.222. The number of benzene rings is 1. The summed E-state index contributed by atoms with van der Waals surface area (Å²) in [5, 5.41) is 0.0831. The predicted octanol–water partition coefficient (Wildman–Crippen LogP) is 4.08. The van der Waals surface area contributed by atoms with E-state index >= 15 is 0 Å². The standard InChI is InChI=1S/C9H6ClF2IO/c1-4(14)8-6(9(11)12)2-5(13)3-7(8)10/h2-3,9H,1H3. The molecular weight excluding hydrogens is 324 g/mol. The number of carbonyl (C=O) groups is 1. The van der Waals surface area contributed by atoms with Gasteiger partial charge in [0, 0.05) is 14.7 Å². The van der Waals surface area contributed by atoms with E-state index in [1.54, 1.807) is 0 Å². The minimum Gasteiger partial charge on any atom is -0.294 e. The zero-order valence-corrected chi connectivity index (χ0v) is 10.1. The molecule has 1 rings (SSSR count). The molecule has 1 nitrogen and oxygen atoms in total. The van der Waals surface area contributed by atoms with Crippen molar-refractivity contribution in [3.05, 3.63) is 31.9 Å². The van der Waals surface area contributed by atoms with Gasteiger partial charge in [-0.3, -0.25) is 4.79 Å². The molecule has 0 atom stereocenters. The Morgan fingerprint density at radius 2 is 2.07 bits per heavy atom. The highest BCUT2D eigenvalue weighted by atomic mass is 127. The quantitative estimate of drug-likeness (QED) is 0.590. The van der Waals surface area contributed by atoms with E-state index in [0.29, 0.717) is 3.57 Å². The van der Waals surface area contributed by atoms with Crippen molar-refractivity contribution in [1.82, 2.24) is 0 Å². The van der Waals surface area contributed by atoms with Crippen LogP contribution >= 0.6 is 34.2 Å². The van der Waals surface area contributed by atoms with Gasteiger partial charge in [-0.25, -0.2) is 8.78 Å². The molecule has 0 N–H and O–H groups in total. The van der Waals surface area contributed by atoms with E-state index in [9.17, 15) is 13.6 Å². The summed E-state index contributed by atoms with van der Waals surface area (Å²) in [6.07, 6.45) is -2.68. The summed E-state index contributed by atoms with van der Waals surface area (Å²) in [7, 11) is 0. The van der Waals surface area contributed by atoms with Gasteiger partial charge in [0.2, 0.25) is 0 Å². The Balaban J connectivity index is 3.44. The summed E-state index contributed by atoms with van der Waals surface area (Å²) in [5.74, 6) is -0.443. The smallest absolute Gasteiger partial charge is 0.264 e. The third kappa shape index (κ3) is 2.42. The molecule has 0 radical (unpaired) electrons. The number of hydrogen-bond donors (Lipinski definition) is 0. The van der Waals surface area contributed by atoms with Gasteiger partial charge in [0.05, 0.1) is 5.02 Å². The van der Waals surface area contributed by atoms with Gasteiger partial charge in [0.25, 0.3) is 6.43 Å². The third-order valence-electron chi connectivity index (χ3n) is 1.67. The van der Waals surface area contributed by atoms with Crippen LogP contribution < -0.4 is 0 Å². The Morgan fingerprint density at radius 1 is 1.50 bits per heavy atom. The Labute approximate surface area is 98.6 Å². The molecule has 5 heteroatoms.